The molecule has 0 radical (unpaired) electrons. The maximum absolute atomic E-state index is 12.0. The first-order chi connectivity index (χ1) is 10.3. The molecule has 21 heavy (non-hydrogen) atoms. The highest BCUT2D eigenvalue weighted by Gasteiger charge is 2.15. The van der Waals surface area contributed by atoms with E-state index < -0.39 is 0 Å². The largest absolute Gasteiger partial charge is 0.355 e. The predicted octanol–water partition coefficient (Wildman–Crippen LogP) is 1.31. The summed E-state index contributed by atoms with van der Waals surface area (Å²) >= 11 is 0. The molecule has 3 rings (SSSR count). The average molecular weight is 285 g/mol. The lowest BCUT2D eigenvalue weighted by Gasteiger charge is -2.15. The molecule has 1 N–H and O–H groups in total. The molecule has 1 aliphatic rings. The van der Waals surface area contributed by atoms with Gasteiger partial charge in [0.1, 0.15) is 0 Å². The van der Waals surface area contributed by atoms with Crippen LogP contribution in [0.1, 0.15) is 23.3 Å². The second-order valence-electron chi connectivity index (χ2n) is 5.15. The van der Waals surface area contributed by atoms with Gasteiger partial charge in [0.25, 0.3) is 5.91 Å². The molecule has 110 valence electrons. The summed E-state index contributed by atoms with van der Waals surface area (Å²) in [5.41, 5.74) is 0.366. The number of carbonyl (C=O) groups excluding carboxylic acids is 1. The molecule has 1 saturated heterocycles. The Bertz CT molecular complexity index is 573. The van der Waals surface area contributed by atoms with Crippen LogP contribution in [0.25, 0.3) is 0 Å². The highest BCUT2D eigenvalue weighted by atomic mass is 16.1. The first-order valence-electron chi connectivity index (χ1n) is 7.30. The first kappa shape index (κ1) is 13.6. The van der Waals surface area contributed by atoms with Crippen molar-refractivity contribution < 1.29 is 4.79 Å². The molecular weight excluding hydrogens is 266 g/mol. The first-order valence-corrected chi connectivity index (χ1v) is 7.30. The van der Waals surface area contributed by atoms with Crippen LogP contribution in [0.3, 0.4) is 0 Å². The molecular formula is C15H19N5O. The minimum absolute atomic E-state index is 0.178. The van der Waals surface area contributed by atoms with Gasteiger partial charge in [0.15, 0.2) is 11.5 Å². The van der Waals surface area contributed by atoms with E-state index in [2.05, 4.69) is 20.4 Å². The van der Waals surface area contributed by atoms with Crippen LogP contribution in [0.2, 0.25) is 0 Å². The van der Waals surface area contributed by atoms with E-state index in [-0.39, 0.29) is 5.91 Å². The van der Waals surface area contributed by atoms with Gasteiger partial charge in [-0.3, -0.25) is 4.79 Å². The number of anilines is 1. The summed E-state index contributed by atoms with van der Waals surface area (Å²) in [4.78, 5) is 14.2. The lowest BCUT2D eigenvalue weighted by Crippen LogP contribution is -2.28. The van der Waals surface area contributed by atoms with E-state index in [4.69, 9.17) is 0 Å². The topological polar surface area (TPSA) is 63.1 Å². The van der Waals surface area contributed by atoms with Crippen molar-refractivity contribution >= 4 is 11.7 Å². The van der Waals surface area contributed by atoms with Gasteiger partial charge in [0.05, 0.1) is 0 Å². The lowest BCUT2D eigenvalue weighted by atomic mass is 10.3. The fraction of sp³-hybridized carbons (Fsp3) is 0.400. The zero-order valence-electron chi connectivity index (χ0n) is 11.9. The molecule has 0 unspecified atom stereocenters. The van der Waals surface area contributed by atoms with Gasteiger partial charge in [-0.25, -0.2) is 0 Å². The number of amides is 1. The molecule has 0 atom stereocenters. The number of rotatable bonds is 5. The molecule has 6 nitrogen and oxygen atoms in total. The van der Waals surface area contributed by atoms with E-state index in [0.717, 1.165) is 25.5 Å². The Hall–Kier alpha value is -2.37. The third-order valence-electron chi connectivity index (χ3n) is 3.63. The number of aromatic nitrogens is 3. The van der Waals surface area contributed by atoms with Crippen molar-refractivity contribution in [1.29, 1.82) is 0 Å². The summed E-state index contributed by atoms with van der Waals surface area (Å²) in [6.07, 6.45) is 6.33. The molecule has 1 aliphatic heterocycles. The van der Waals surface area contributed by atoms with Crippen LogP contribution in [0.15, 0.2) is 36.7 Å². The van der Waals surface area contributed by atoms with E-state index in [1.807, 2.05) is 35.2 Å². The van der Waals surface area contributed by atoms with Crippen molar-refractivity contribution in [2.24, 2.45) is 0 Å². The summed E-state index contributed by atoms with van der Waals surface area (Å²) in [5.74, 6) is 0.680. The summed E-state index contributed by atoms with van der Waals surface area (Å²) in [6.45, 7) is 3.37. The fourth-order valence-electron chi connectivity index (χ4n) is 2.47. The normalized spacial score (nSPS) is 14.4. The molecule has 0 saturated carbocycles. The summed E-state index contributed by atoms with van der Waals surface area (Å²) < 4.78 is 2.02. The molecule has 1 fully saturated rings. The molecule has 0 spiro atoms. The van der Waals surface area contributed by atoms with Crippen molar-refractivity contribution in [2.45, 2.75) is 19.4 Å². The third kappa shape index (κ3) is 3.39. The Morgan fingerprint density at radius 2 is 1.90 bits per heavy atom. The number of hydrogen-bond donors (Lipinski definition) is 1. The minimum atomic E-state index is -0.178. The Balaban J connectivity index is 1.52. The molecule has 6 heteroatoms. The summed E-state index contributed by atoms with van der Waals surface area (Å²) in [7, 11) is 0. The summed E-state index contributed by atoms with van der Waals surface area (Å²) in [6, 6.07) is 7.54. The van der Waals surface area contributed by atoms with Crippen LogP contribution in [-0.2, 0) is 6.54 Å². The van der Waals surface area contributed by atoms with E-state index in [9.17, 15) is 4.79 Å². The molecule has 2 aromatic rings. The highest BCUT2D eigenvalue weighted by Crippen LogP contribution is 2.16. The molecule has 0 aromatic carbocycles. The second kappa shape index (κ2) is 6.39. The Kier molecular flexibility index (Phi) is 4.14. The Labute approximate surface area is 123 Å². The molecule has 0 aliphatic carbocycles. The monoisotopic (exact) mass is 285 g/mol. The Morgan fingerprint density at radius 1 is 1.14 bits per heavy atom. The number of nitrogens with one attached hydrogen (secondary N) is 1. The van der Waals surface area contributed by atoms with Crippen molar-refractivity contribution in [2.75, 3.05) is 24.5 Å². The van der Waals surface area contributed by atoms with Crippen LogP contribution in [-0.4, -0.2) is 40.3 Å². The van der Waals surface area contributed by atoms with Crippen LogP contribution in [0, 0.1) is 0 Å². The maximum Gasteiger partial charge on any atom is 0.271 e. The minimum Gasteiger partial charge on any atom is -0.355 e. The molecule has 0 bridgehead atoms. The van der Waals surface area contributed by atoms with Crippen LogP contribution in [0.5, 0.6) is 0 Å². The Morgan fingerprint density at radius 3 is 2.57 bits per heavy atom. The summed E-state index contributed by atoms with van der Waals surface area (Å²) in [5, 5.41) is 11.0. The van der Waals surface area contributed by atoms with E-state index in [1.165, 1.54) is 12.8 Å². The smallest absolute Gasteiger partial charge is 0.271 e. The standard InChI is InChI=1S/C15H19N5O/c21-15(16-7-12-19-8-1-2-9-19)13-5-6-14(18-17-13)20-10-3-4-11-20/h1-2,5-6,8-9H,3-4,7,10-12H2,(H,16,21). The molecule has 2 aromatic heterocycles. The van der Waals surface area contributed by atoms with Crippen LogP contribution >= 0.6 is 0 Å². The van der Waals surface area contributed by atoms with Crippen molar-refractivity contribution in [3.8, 4) is 0 Å². The van der Waals surface area contributed by atoms with Gasteiger partial charge >= 0.3 is 0 Å². The zero-order valence-corrected chi connectivity index (χ0v) is 11.9. The molecule has 3 heterocycles. The molecule has 1 amide bonds. The second-order valence-corrected chi connectivity index (χ2v) is 5.15. The van der Waals surface area contributed by atoms with E-state index in [1.54, 1.807) is 6.07 Å². The van der Waals surface area contributed by atoms with Crippen molar-refractivity contribution in [3.05, 3.63) is 42.4 Å². The van der Waals surface area contributed by atoms with Gasteiger partial charge in [-0.15, -0.1) is 10.2 Å². The van der Waals surface area contributed by atoms with Crippen molar-refractivity contribution in [3.63, 3.8) is 0 Å². The third-order valence-corrected chi connectivity index (χ3v) is 3.63. The van der Waals surface area contributed by atoms with Gasteiger partial charge in [-0.1, -0.05) is 0 Å². The van der Waals surface area contributed by atoms with E-state index in [0.29, 0.717) is 12.2 Å². The lowest BCUT2D eigenvalue weighted by molar-refractivity contribution is 0.0946. The van der Waals surface area contributed by atoms with Crippen LogP contribution < -0.4 is 10.2 Å². The highest BCUT2D eigenvalue weighted by molar-refractivity contribution is 5.92. The fourth-order valence-corrected chi connectivity index (χ4v) is 2.47. The van der Waals surface area contributed by atoms with Gasteiger partial charge in [-0.2, -0.15) is 0 Å². The van der Waals surface area contributed by atoms with Gasteiger partial charge < -0.3 is 14.8 Å². The number of hydrogen-bond acceptors (Lipinski definition) is 4. The predicted molar refractivity (Wildman–Crippen MR) is 80.2 cm³/mol. The quantitative estimate of drug-likeness (QED) is 0.899. The van der Waals surface area contributed by atoms with E-state index >= 15 is 0 Å². The average Bonchev–Trinajstić information content (AvgIpc) is 3.21. The van der Waals surface area contributed by atoms with Crippen molar-refractivity contribution in [1.82, 2.24) is 20.1 Å². The maximum atomic E-state index is 12.0. The SMILES string of the molecule is O=C(NCCn1cccc1)c1ccc(N2CCCC2)nn1. The van der Waals surface area contributed by atoms with Gasteiger partial charge in [-0.05, 0) is 37.1 Å². The van der Waals surface area contributed by atoms with Crippen LogP contribution in [0.4, 0.5) is 5.82 Å². The number of nitrogens with zero attached hydrogens (tertiary/aromatic N) is 4. The van der Waals surface area contributed by atoms with Gasteiger partial charge in [0.2, 0.25) is 0 Å². The number of carbonyl (C=O) groups is 1. The zero-order chi connectivity index (χ0) is 14.5. The van der Waals surface area contributed by atoms with Gasteiger partial charge in [0, 0.05) is 38.6 Å².